The maximum atomic E-state index is 14.0. The summed E-state index contributed by atoms with van der Waals surface area (Å²) in [6.07, 6.45) is 3.97. The largest absolute Gasteiger partial charge is 0.379 e. The third kappa shape index (κ3) is 5.08. The van der Waals surface area contributed by atoms with Gasteiger partial charge in [-0.3, -0.25) is 4.99 Å². The molecule has 0 radical (unpaired) electrons. The number of aliphatic imine (C=N–C) groups is 1. The fourth-order valence-corrected chi connectivity index (χ4v) is 6.53. The maximum absolute atomic E-state index is 14.0. The van der Waals surface area contributed by atoms with Crippen LogP contribution in [0.2, 0.25) is 0 Å². The number of halogens is 1. The fourth-order valence-electron chi connectivity index (χ4n) is 5.10. The molecule has 2 aliphatic heterocycles. The molecule has 0 saturated carbocycles. The van der Waals surface area contributed by atoms with Crippen LogP contribution in [-0.2, 0) is 14.8 Å². The van der Waals surface area contributed by atoms with E-state index in [0.29, 0.717) is 37.6 Å². The highest BCUT2D eigenvalue weighted by Gasteiger charge is 2.28. The Bertz CT molecular complexity index is 1440. The molecule has 0 aliphatic carbocycles. The molecule has 0 spiro atoms. The minimum atomic E-state index is -3.65. The van der Waals surface area contributed by atoms with Crippen LogP contribution in [0, 0.1) is 26.6 Å². The fraction of sp³-hybridized carbons (Fsp3) is 0.393. The molecule has 2 saturated heterocycles. The van der Waals surface area contributed by atoms with Gasteiger partial charge in [-0.15, -0.1) is 0 Å². The average Bonchev–Trinajstić information content (AvgIpc) is 3.53. The first-order valence-corrected chi connectivity index (χ1v) is 14.2. The van der Waals surface area contributed by atoms with Gasteiger partial charge in [0.15, 0.2) is 0 Å². The van der Waals surface area contributed by atoms with Crippen LogP contribution in [0.1, 0.15) is 35.4 Å². The van der Waals surface area contributed by atoms with Crippen LogP contribution in [0.15, 0.2) is 52.4 Å². The summed E-state index contributed by atoms with van der Waals surface area (Å²) in [5, 5.41) is 0. The first kappa shape index (κ1) is 25.6. The molecule has 7 nitrogen and oxygen atoms in total. The Morgan fingerprint density at radius 2 is 1.65 bits per heavy atom. The van der Waals surface area contributed by atoms with Gasteiger partial charge in [0.2, 0.25) is 10.0 Å². The molecule has 2 aliphatic rings. The van der Waals surface area contributed by atoms with E-state index in [0.717, 1.165) is 54.3 Å². The van der Waals surface area contributed by atoms with Crippen molar-refractivity contribution in [2.75, 3.05) is 44.3 Å². The topological polar surface area (TPSA) is 67.1 Å². The lowest BCUT2D eigenvalue weighted by molar-refractivity contribution is 0.0730. The van der Waals surface area contributed by atoms with Crippen LogP contribution in [0.25, 0.3) is 5.69 Å². The smallest absolute Gasteiger partial charge is 0.243 e. The van der Waals surface area contributed by atoms with Crippen molar-refractivity contribution in [3.8, 4) is 5.69 Å². The van der Waals surface area contributed by atoms with Crippen molar-refractivity contribution >= 4 is 27.6 Å². The number of benzene rings is 2. The summed E-state index contributed by atoms with van der Waals surface area (Å²) >= 11 is 0. The van der Waals surface area contributed by atoms with Gasteiger partial charge >= 0.3 is 0 Å². The zero-order valence-electron chi connectivity index (χ0n) is 21.6. The lowest BCUT2D eigenvalue weighted by Gasteiger charge is -2.28. The molecule has 0 bridgehead atoms. The molecule has 0 N–H and O–H groups in total. The van der Waals surface area contributed by atoms with Gasteiger partial charge in [0, 0.05) is 49.3 Å². The lowest BCUT2D eigenvalue weighted by Crippen LogP contribution is -2.40. The first-order valence-electron chi connectivity index (χ1n) is 12.7. The molecule has 0 amide bonds. The highest BCUT2D eigenvalue weighted by Crippen LogP contribution is 2.34. The van der Waals surface area contributed by atoms with E-state index in [9.17, 15) is 12.8 Å². The Kier molecular flexibility index (Phi) is 7.20. The SMILES string of the molecule is Cc1ccc(N=Cc2cc(C)n(-c3cc(S(=O)(=O)N4CCOCC4)ccc3N3CCCC3)c2C)cc1F. The first-order chi connectivity index (χ1) is 17.8. The number of sulfonamides is 1. The highest BCUT2D eigenvalue weighted by atomic mass is 32.2. The summed E-state index contributed by atoms with van der Waals surface area (Å²) in [6, 6.07) is 12.4. The molecular formula is C28H33FN4O3S. The van der Waals surface area contributed by atoms with E-state index >= 15 is 0 Å². The summed E-state index contributed by atoms with van der Waals surface area (Å²) in [6.45, 7) is 9.13. The maximum Gasteiger partial charge on any atom is 0.243 e. The quantitative estimate of drug-likeness (QED) is 0.430. The van der Waals surface area contributed by atoms with E-state index in [-0.39, 0.29) is 10.7 Å². The van der Waals surface area contributed by atoms with Crippen molar-refractivity contribution in [1.82, 2.24) is 8.87 Å². The van der Waals surface area contributed by atoms with Crippen molar-refractivity contribution in [3.63, 3.8) is 0 Å². The standard InChI is InChI=1S/C28H33FN4O3S/c1-20-6-7-24(17-26(20)29)30-19-23-16-21(2)33(22(23)3)28-18-25(8-9-27(28)31-10-4-5-11-31)37(34,35)32-12-14-36-15-13-32/h6-9,16-19H,4-5,10-15H2,1-3H3. The van der Waals surface area contributed by atoms with E-state index in [1.165, 1.54) is 10.4 Å². The van der Waals surface area contributed by atoms with Gasteiger partial charge in [0.25, 0.3) is 0 Å². The summed E-state index contributed by atoms with van der Waals surface area (Å²) in [7, 11) is -3.65. The Balaban J connectivity index is 1.57. The van der Waals surface area contributed by atoms with Gasteiger partial charge in [-0.1, -0.05) is 6.07 Å². The van der Waals surface area contributed by atoms with Crippen LogP contribution in [0.3, 0.4) is 0 Å². The van der Waals surface area contributed by atoms with Crippen LogP contribution in [0.5, 0.6) is 0 Å². The average molecular weight is 525 g/mol. The van der Waals surface area contributed by atoms with Crippen molar-refractivity contribution in [2.24, 2.45) is 4.99 Å². The predicted octanol–water partition coefficient (Wildman–Crippen LogP) is 4.91. The number of hydrogen-bond donors (Lipinski definition) is 0. The zero-order chi connectivity index (χ0) is 26.2. The van der Waals surface area contributed by atoms with Crippen LogP contribution in [0.4, 0.5) is 15.8 Å². The molecule has 1 aromatic heterocycles. The molecule has 3 heterocycles. The monoisotopic (exact) mass is 524 g/mol. The van der Waals surface area contributed by atoms with Crippen molar-refractivity contribution < 1.29 is 17.5 Å². The van der Waals surface area contributed by atoms with Gasteiger partial charge in [0.05, 0.1) is 35.2 Å². The molecule has 9 heteroatoms. The number of nitrogens with zero attached hydrogens (tertiary/aromatic N) is 4. The normalized spacial score (nSPS) is 17.2. The van der Waals surface area contributed by atoms with Gasteiger partial charge in [0.1, 0.15) is 5.82 Å². The van der Waals surface area contributed by atoms with Gasteiger partial charge in [-0.2, -0.15) is 4.31 Å². The van der Waals surface area contributed by atoms with Crippen LogP contribution in [-0.4, -0.2) is 62.9 Å². The second-order valence-corrected chi connectivity index (χ2v) is 11.7. The minimum absolute atomic E-state index is 0.283. The summed E-state index contributed by atoms with van der Waals surface area (Å²) in [5.41, 5.74) is 5.79. The molecule has 2 fully saturated rings. The number of hydrogen-bond acceptors (Lipinski definition) is 5. The lowest BCUT2D eigenvalue weighted by atomic mass is 10.2. The Morgan fingerprint density at radius 3 is 2.35 bits per heavy atom. The second-order valence-electron chi connectivity index (χ2n) is 9.71. The number of morpholine rings is 1. The molecular weight excluding hydrogens is 491 g/mol. The number of ether oxygens (including phenoxy) is 1. The van der Waals surface area contributed by atoms with Gasteiger partial charge < -0.3 is 14.2 Å². The molecule has 3 aromatic rings. The molecule has 5 rings (SSSR count). The minimum Gasteiger partial charge on any atom is -0.379 e. The molecule has 196 valence electrons. The number of rotatable bonds is 6. The summed E-state index contributed by atoms with van der Waals surface area (Å²) in [4.78, 5) is 7.11. The van der Waals surface area contributed by atoms with Crippen molar-refractivity contribution in [3.05, 3.63) is 70.8 Å². The van der Waals surface area contributed by atoms with Gasteiger partial charge in [-0.25, -0.2) is 12.8 Å². The zero-order valence-corrected chi connectivity index (χ0v) is 22.4. The van der Waals surface area contributed by atoms with E-state index in [4.69, 9.17) is 4.74 Å². The van der Waals surface area contributed by atoms with E-state index in [1.54, 1.807) is 37.4 Å². The summed E-state index contributed by atoms with van der Waals surface area (Å²) < 4.78 is 49.9. The summed E-state index contributed by atoms with van der Waals surface area (Å²) in [5.74, 6) is -0.284. The molecule has 0 unspecified atom stereocenters. The number of aryl methyl sites for hydroxylation is 2. The molecule has 0 atom stereocenters. The van der Waals surface area contributed by atoms with Crippen molar-refractivity contribution in [2.45, 2.75) is 38.5 Å². The van der Waals surface area contributed by atoms with E-state index < -0.39 is 10.0 Å². The third-order valence-corrected chi connectivity index (χ3v) is 9.12. The van der Waals surface area contributed by atoms with Gasteiger partial charge in [-0.05, 0) is 75.6 Å². The van der Waals surface area contributed by atoms with E-state index in [1.807, 2.05) is 26.0 Å². The Hall–Kier alpha value is -3.01. The third-order valence-electron chi connectivity index (χ3n) is 7.22. The predicted molar refractivity (Wildman–Crippen MR) is 145 cm³/mol. The highest BCUT2D eigenvalue weighted by molar-refractivity contribution is 7.89. The molecule has 2 aromatic carbocycles. The second kappa shape index (κ2) is 10.4. The van der Waals surface area contributed by atoms with Crippen LogP contribution < -0.4 is 4.90 Å². The van der Waals surface area contributed by atoms with Crippen LogP contribution >= 0.6 is 0 Å². The Labute approximate surface area is 218 Å². The van der Waals surface area contributed by atoms with E-state index in [2.05, 4.69) is 14.5 Å². The number of anilines is 1. The van der Waals surface area contributed by atoms with Crippen molar-refractivity contribution in [1.29, 1.82) is 0 Å². The Morgan fingerprint density at radius 1 is 0.919 bits per heavy atom. The number of aromatic nitrogens is 1. The molecule has 37 heavy (non-hydrogen) atoms.